The van der Waals surface area contributed by atoms with Gasteiger partial charge in [0.2, 0.25) is 6.29 Å². The minimum atomic E-state index is -1.06. The van der Waals surface area contributed by atoms with Crippen LogP contribution in [-0.4, -0.2) is 35.3 Å². The van der Waals surface area contributed by atoms with E-state index in [4.69, 9.17) is 9.47 Å². The maximum Gasteiger partial charge on any atom is 0.413 e. The van der Waals surface area contributed by atoms with Crippen molar-refractivity contribution in [3.8, 4) is 11.1 Å². The summed E-state index contributed by atoms with van der Waals surface area (Å²) in [5, 5.41) is 12.2. The van der Waals surface area contributed by atoms with Crippen LogP contribution < -0.4 is 5.32 Å². The quantitative estimate of drug-likeness (QED) is 0.712. The van der Waals surface area contributed by atoms with Crippen LogP contribution in [0.3, 0.4) is 0 Å². The second-order valence-electron chi connectivity index (χ2n) is 8.04. The minimum Gasteiger partial charge on any atom is -0.478 e. The number of carboxylic acid groups (broad SMARTS) is 1. The molecule has 1 saturated heterocycles. The minimum absolute atomic E-state index is 0.0173. The van der Waals surface area contributed by atoms with E-state index in [-0.39, 0.29) is 29.1 Å². The molecular formula is C24H27NO6. The van der Waals surface area contributed by atoms with Crippen LogP contribution in [0.25, 0.3) is 11.1 Å². The van der Waals surface area contributed by atoms with Gasteiger partial charge >= 0.3 is 12.1 Å². The molecule has 2 aromatic carbocycles. The molecule has 1 fully saturated rings. The van der Waals surface area contributed by atoms with Gasteiger partial charge in [-0.25, -0.2) is 9.59 Å². The first-order valence-electron chi connectivity index (χ1n) is 10.3. The highest BCUT2D eigenvalue weighted by Crippen LogP contribution is 2.36. The Morgan fingerprint density at radius 1 is 0.903 bits per heavy atom. The second-order valence-corrected chi connectivity index (χ2v) is 8.04. The number of nitrogens with one attached hydrogen (secondary N) is 1. The van der Waals surface area contributed by atoms with Crippen molar-refractivity contribution in [2.24, 2.45) is 17.8 Å². The van der Waals surface area contributed by atoms with Gasteiger partial charge in [0.25, 0.3) is 0 Å². The molecule has 1 aliphatic rings. The summed E-state index contributed by atoms with van der Waals surface area (Å²) in [7, 11) is 0. The number of carbonyl (C=O) groups excluding carboxylic acids is 2. The Kier molecular flexibility index (Phi) is 6.75. The molecular weight excluding hydrogens is 398 g/mol. The fourth-order valence-corrected chi connectivity index (χ4v) is 3.97. The number of aromatic carboxylic acids is 1. The van der Waals surface area contributed by atoms with Crippen LogP contribution in [0.15, 0.2) is 48.5 Å². The number of anilines is 1. The summed E-state index contributed by atoms with van der Waals surface area (Å²) in [5.41, 5.74) is 1.57. The van der Waals surface area contributed by atoms with Crippen LogP contribution in [0.5, 0.6) is 0 Å². The Labute approximate surface area is 181 Å². The van der Waals surface area contributed by atoms with Gasteiger partial charge in [-0.1, -0.05) is 57.2 Å². The molecule has 164 valence electrons. The summed E-state index contributed by atoms with van der Waals surface area (Å²) in [6.45, 7) is 7.36. The molecule has 2 aromatic rings. The lowest BCUT2D eigenvalue weighted by Crippen LogP contribution is -2.49. The fraction of sp³-hybridized carbons (Fsp3) is 0.375. The maximum atomic E-state index is 12.7. The van der Waals surface area contributed by atoms with Crippen LogP contribution in [0, 0.1) is 17.8 Å². The lowest BCUT2D eigenvalue weighted by atomic mass is 9.78. The number of ether oxygens (including phenoxy) is 2. The van der Waals surface area contributed by atoms with Crippen LogP contribution >= 0.6 is 0 Å². The number of amides is 1. The topological polar surface area (TPSA) is 102 Å². The van der Waals surface area contributed by atoms with Gasteiger partial charge in [0.15, 0.2) is 5.78 Å². The molecule has 0 radical (unpaired) electrons. The Morgan fingerprint density at radius 2 is 1.52 bits per heavy atom. The molecule has 0 aliphatic carbocycles. The van der Waals surface area contributed by atoms with Crippen LogP contribution in [0.1, 0.15) is 38.1 Å². The number of benzene rings is 2. The molecule has 1 heterocycles. The van der Waals surface area contributed by atoms with E-state index in [9.17, 15) is 19.5 Å². The molecule has 1 amide bonds. The summed E-state index contributed by atoms with van der Waals surface area (Å²) in [6.07, 6.45) is -2.22. The predicted octanol–water partition coefficient (Wildman–Crippen LogP) is 4.82. The van der Waals surface area contributed by atoms with E-state index in [1.807, 2.05) is 20.8 Å². The number of carbonyl (C=O) groups is 3. The number of hydrogen-bond donors (Lipinski definition) is 2. The van der Waals surface area contributed by atoms with E-state index in [2.05, 4.69) is 5.32 Å². The number of Topliss-reactive ketones (excluding diaryl/α,β-unsaturated/α-hetero) is 1. The van der Waals surface area contributed by atoms with Crippen molar-refractivity contribution in [2.45, 2.75) is 40.1 Å². The molecule has 7 heteroatoms. The number of para-hydroxylation sites is 1. The van der Waals surface area contributed by atoms with E-state index in [0.29, 0.717) is 16.8 Å². The lowest BCUT2D eigenvalue weighted by molar-refractivity contribution is -0.219. The first-order chi connectivity index (χ1) is 14.7. The summed E-state index contributed by atoms with van der Waals surface area (Å²) in [5.74, 6) is -1.12. The summed E-state index contributed by atoms with van der Waals surface area (Å²) in [4.78, 5) is 36.2. The highest BCUT2D eigenvalue weighted by atomic mass is 16.7. The fourth-order valence-electron chi connectivity index (χ4n) is 3.97. The van der Waals surface area contributed by atoms with Crippen LogP contribution in [-0.2, 0) is 14.3 Å². The molecule has 0 spiro atoms. The van der Waals surface area contributed by atoms with E-state index in [0.717, 1.165) is 0 Å². The van der Waals surface area contributed by atoms with Gasteiger partial charge in [-0.15, -0.1) is 0 Å². The number of ketones is 1. The van der Waals surface area contributed by atoms with Gasteiger partial charge in [-0.2, -0.15) is 0 Å². The average Bonchev–Trinajstić information content (AvgIpc) is 2.74. The summed E-state index contributed by atoms with van der Waals surface area (Å²) >= 11 is 0. The van der Waals surface area contributed by atoms with E-state index in [1.54, 1.807) is 42.5 Å². The normalized spacial score (nSPS) is 25.5. The molecule has 5 atom stereocenters. The van der Waals surface area contributed by atoms with Crippen LogP contribution in [0.2, 0.25) is 0 Å². The molecule has 1 aliphatic heterocycles. The molecule has 7 nitrogen and oxygen atoms in total. The first kappa shape index (κ1) is 22.5. The average molecular weight is 425 g/mol. The molecule has 3 rings (SSSR count). The molecule has 0 bridgehead atoms. The number of hydrogen-bond acceptors (Lipinski definition) is 5. The Bertz CT molecular complexity index is 988. The third-order valence-electron chi connectivity index (χ3n) is 6.08. The largest absolute Gasteiger partial charge is 0.478 e. The molecule has 0 aromatic heterocycles. The second kappa shape index (κ2) is 9.31. The van der Waals surface area contributed by atoms with Crippen molar-refractivity contribution in [1.82, 2.24) is 0 Å². The monoisotopic (exact) mass is 425 g/mol. The van der Waals surface area contributed by atoms with Crippen molar-refractivity contribution in [3.63, 3.8) is 0 Å². The molecule has 0 saturated carbocycles. The molecule has 5 unspecified atom stereocenters. The zero-order valence-electron chi connectivity index (χ0n) is 18.0. The number of rotatable bonds is 5. The van der Waals surface area contributed by atoms with Crippen LogP contribution in [0.4, 0.5) is 10.5 Å². The smallest absolute Gasteiger partial charge is 0.413 e. The van der Waals surface area contributed by atoms with Crippen molar-refractivity contribution >= 4 is 23.5 Å². The Balaban J connectivity index is 1.81. The number of carboxylic acids is 1. The maximum absolute atomic E-state index is 12.7. The highest BCUT2D eigenvalue weighted by Gasteiger charge is 2.42. The van der Waals surface area contributed by atoms with Gasteiger partial charge in [-0.3, -0.25) is 10.1 Å². The first-order valence-corrected chi connectivity index (χ1v) is 10.3. The SMILES string of the molecule is CC(=O)C1OC(OC(=O)Nc2ccccc2-c2ccccc2C(=O)O)C(C)C(C)C1C. The van der Waals surface area contributed by atoms with E-state index < -0.39 is 24.5 Å². The van der Waals surface area contributed by atoms with Crippen molar-refractivity contribution in [1.29, 1.82) is 0 Å². The van der Waals surface area contributed by atoms with Crippen molar-refractivity contribution in [3.05, 3.63) is 54.1 Å². The van der Waals surface area contributed by atoms with Gasteiger partial charge in [-0.05, 0) is 36.5 Å². The van der Waals surface area contributed by atoms with Crippen molar-refractivity contribution in [2.75, 3.05) is 5.32 Å². The molecule has 31 heavy (non-hydrogen) atoms. The zero-order chi connectivity index (χ0) is 22.7. The van der Waals surface area contributed by atoms with Gasteiger partial charge < -0.3 is 14.6 Å². The third-order valence-corrected chi connectivity index (χ3v) is 6.08. The summed E-state index contributed by atoms with van der Waals surface area (Å²) in [6, 6.07) is 13.5. The van der Waals surface area contributed by atoms with E-state index in [1.165, 1.54) is 13.0 Å². The standard InChI is InChI=1S/C24H27NO6/c1-13-14(2)21(16(4)26)30-23(15(13)3)31-24(29)25-20-12-8-7-10-18(20)17-9-5-6-11-19(17)22(27)28/h5-15,21,23H,1-4H3,(H,25,29)(H,27,28). The zero-order valence-corrected chi connectivity index (χ0v) is 18.0. The van der Waals surface area contributed by atoms with Gasteiger partial charge in [0, 0.05) is 11.5 Å². The van der Waals surface area contributed by atoms with Crippen molar-refractivity contribution < 1.29 is 29.0 Å². The van der Waals surface area contributed by atoms with E-state index >= 15 is 0 Å². The molecule has 2 N–H and O–H groups in total. The Hall–Kier alpha value is -3.19. The Morgan fingerprint density at radius 3 is 2.16 bits per heavy atom. The third kappa shape index (κ3) is 4.77. The highest BCUT2D eigenvalue weighted by molar-refractivity contribution is 6.00. The van der Waals surface area contributed by atoms with Gasteiger partial charge in [0.05, 0.1) is 11.3 Å². The predicted molar refractivity (Wildman–Crippen MR) is 116 cm³/mol. The van der Waals surface area contributed by atoms with Gasteiger partial charge in [0.1, 0.15) is 6.10 Å². The summed E-state index contributed by atoms with van der Waals surface area (Å²) < 4.78 is 11.3. The lowest BCUT2D eigenvalue weighted by Gasteiger charge is -2.41.